The first kappa shape index (κ1) is 19.3. The maximum atomic E-state index is 11.2. The average Bonchev–Trinajstić information content (AvgIpc) is 2.76. The van der Waals surface area contributed by atoms with Crippen LogP contribution in [-0.4, -0.2) is 20.5 Å². The van der Waals surface area contributed by atoms with Crippen LogP contribution < -0.4 is 18.9 Å². The van der Waals surface area contributed by atoms with Crippen LogP contribution in [0.4, 0.5) is 0 Å². The normalized spacial score (nSPS) is 10.2. The Labute approximate surface area is 164 Å². The highest BCUT2D eigenvalue weighted by Crippen LogP contribution is 2.30. The van der Waals surface area contributed by atoms with Crippen molar-refractivity contribution in [3.63, 3.8) is 0 Å². The zero-order valence-electron chi connectivity index (χ0n) is 15.9. The van der Waals surface area contributed by atoms with Crippen molar-refractivity contribution in [1.29, 1.82) is 0 Å². The summed E-state index contributed by atoms with van der Waals surface area (Å²) in [5, 5.41) is 0. The molecule has 0 atom stereocenters. The Bertz CT molecular complexity index is 936. The molecule has 5 nitrogen and oxygen atoms in total. The predicted octanol–water partition coefficient (Wildman–Crippen LogP) is 4.67. The molecule has 0 radical (unpaired) electrons. The summed E-state index contributed by atoms with van der Waals surface area (Å²) in [6, 6.07) is 20.4. The fourth-order valence-corrected chi connectivity index (χ4v) is 2.68. The van der Waals surface area contributed by atoms with E-state index in [0.717, 1.165) is 28.9 Å². The lowest BCUT2D eigenvalue weighted by Gasteiger charge is -2.14. The van der Waals surface area contributed by atoms with Gasteiger partial charge in [-0.3, -0.25) is 4.79 Å². The van der Waals surface area contributed by atoms with Gasteiger partial charge in [-0.25, -0.2) is 0 Å². The molecule has 0 aromatic heterocycles. The Morgan fingerprint density at radius 3 is 1.82 bits per heavy atom. The van der Waals surface area contributed by atoms with E-state index in [2.05, 4.69) is 0 Å². The number of rotatable bonds is 9. The number of hydrogen-bond acceptors (Lipinski definition) is 5. The van der Waals surface area contributed by atoms with E-state index in [-0.39, 0.29) is 0 Å². The standard InChI is InChI=1S/C23H22O5/c1-25-20-7-3-5-18(11-20)15-27-22-10-9-17(14-24)13-23(22)28-16-19-6-4-8-21(12-19)26-2/h3-14H,15-16H2,1-2H3. The van der Waals surface area contributed by atoms with Crippen molar-refractivity contribution in [2.45, 2.75) is 13.2 Å². The molecule has 0 saturated heterocycles. The highest BCUT2D eigenvalue weighted by atomic mass is 16.5. The van der Waals surface area contributed by atoms with Crippen LogP contribution in [-0.2, 0) is 13.2 Å². The summed E-state index contributed by atoms with van der Waals surface area (Å²) in [6.45, 7) is 0.683. The van der Waals surface area contributed by atoms with Gasteiger partial charge in [-0.2, -0.15) is 0 Å². The van der Waals surface area contributed by atoms with E-state index in [0.29, 0.717) is 30.3 Å². The van der Waals surface area contributed by atoms with Crippen LogP contribution in [0.2, 0.25) is 0 Å². The van der Waals surface area contributed by atoms with Crippen molar-refractivity contribution in [3.05, 3.63) is 83.4 Å². The van der Waals surface area contributed by atoms with Crippen molar-refractivity contribution >= 4 is 6.29 Å². The third-order valence-electron chi connectivity index (χ3n) is 4.16. The molecule has 0 N–H and O–H groups in total. The molecule has 28 heavy (non-hydrogen) atoms. The van der Waals surface area contributed by atoms with Crippen LogP contribution in [0.1, 0.15) is 21.5 Å². The first-order valence-electron chi connectivity index (χ1n) is 8.82. The molecule has 0 amide bonds. The van der Waals surface area contributed by atoms with Crippen molar-refractivity contribution < 1.29 is 23.7 Å². The van der Waals surface area contributed by atoms with Gasteiger partial charge in [0.15, 0.2) is 11.5 Å². The number of benzene rings is 3. The molecule has 144 valence electrons. The highest BCUT2D eigenvalue weighted by Gasteiger charge is 2.09. The Morgan fingerprint density at radius 1 is 0.714 bits per heavy atom. The minimum absolute atomic E-state index is 0.328. The lowest BCUT2D eigenvalue weighted by atomic mass is 10.2. The number of ether oxygens (including phenoxy) is 4. The summed E-state index contributed by atoms with van der Waals surface area (Å²) in [6.07, 6.45) is 0.782. The summed E-state index contributed by atoms with van der Waals surface area (Å²) < 4.78 is 22.3. The molecule has 0 fully saturated rings. The molecule has 0 saturated carbocycles. The summed E-state index contributed by atoms with van der Waals surface area (Å²) >= 11 is 0. The predicted molar refractivity (Wildman–Crippen MR) is 106 cm³/mol. The lowest BCUT2D eigenvalue weighted by Crippen LogP contribution is -2.01. The Morgan fingerprint density at radius 2 is 1.29 bits per heavy atom. The molecular formula is C23H22O5. The van der Waals surface area contributed by atoms with Crippen molar-refractivity contribution in [2.75, 3.05) is 14.2 Å². The number of carbonyl (C=O) groups is 1. The Balaban J connectivity index is 1.74. The third-order valence-corrected chi connectivity index (χ3v) is 4.16. The summed E-state index contributed by atoms with van der Waals surface area (Å²) in [4.78, 5) is 11.2. The lowest BCUT2D eigenvalue weighted by molar-refractivity contribution is 0.112. The van der Waals surface area contributed by atoms with Gasteiger partial charge in [0.2, 0.25) is 0 Å². The van der Waals surface area contributed by atoms with Crippen LogP contribution in [0.15, 0.2) is 66.7 Å². The molecule has 3 aromatic carbocycles. The molecule has 3 aromatic rings. The smallest absolute Gasteiger partial charge is 0.162 e. The molecule has 0 bridgehead atoms. The average molecular weight is 378 g/mol. The first-order chi connectivity index (χ1) is 13.7. The summed E-state index contributed by atoms with van der Waals surface area (Å²) in [5.74, 6) is 2.61. The number of aldehydes is 1. The molecule has 0 aliphatic heterocycles. The van der Waals surface area contributed by atoms with Gasteiger partial charge < -0.3 is 18.9 Å². The monoisotopic (exact) mass is 378 g/mol. The number of carbonyl (C=O) groups excluding carboxylic acids is 1. The van der Waals surface area contributed by atoms with E-state index in [9.17, 15) is 4.79 Å². The van der Waals surface area contributed by atoms with Crippen molar-refractivity contribution in [2.24, 2.45) is 0 Å². The van der Waals surface area contributed by atoms with Gasteiger partial charge in [0, 0.05) is 5.56 Å². The molecule has 0 heterocycles. The second kappa shape index (κ2) is 9.46. The van der Waals surface area contributed by atoms with Gasteiger partial charge in [-0.05, 0) is 53.6 Å². The van der Waals surface area contributed by atoms with Gasteiger partial charge in [0.1, 0.15) is 31.0 Å². The third kappa shape index (κ3) is 5.04. The zero-order valence-corrected chi connectivity index (χ0v) is 15.9. The van der Waals surface area contributed by atoms with Crippen LogP contribution >= 0.6 is 0 Å². The van der Waals surface area contributed by atoms with Gasteiger partial charge in [0.05, 0.1) is 14.2 Å². The second-order valence-electron chi connectivity index (χ2n) is 6.10. The molecule has 3 rings (SSSR count). The fourth-order valence-electron chi connectivity index (χ4n) is 2.68. The van der Waals surface area contributed by atoms with E-state index in [1.54, 1.807) is 32.4 Å². The topological polar surface area (TPSA) is 54.0 Å². The molecule has 0 aliphatic rings. The fraction of sp³-hybridized carbons (Fsp3) is 0.174. The highest BCUT2D eigenvalue weighted by molar-refractivity contribution is 5.76. The largest absolute Gasteiger partial charge is 0.497 e. The molecule has 5 heteroatoms. The zero-order chi connectivity index (χ0) is 19.8. The van der Waals surface area contributed by atoms with Crippen LogP contribution in [0, 0.1) is 0 Å². The van der Waals surface area contributed by atoms with Gasteiger partial charge in [0.25, 0.3) is 0 Å². The Hall–Kier alpha value is -3.47. The van der Waals surface area contributed by atoms with E-state index < -0.39 is 0 Å². The van der Waals surface area contributed by atoms with Crippen LogP contribution in [0.5, 0.6) is 23.0 Å². The second-order valence-corrected chi connectivity index (χ2v) is 6.10. The van der Waals surface area contributed by atoms with E-state index in [1.807, 2.05) is 48.5 Å². The maximum Gasteiger partial charge on any atom is 0.162 e. The first-order valence-corrected chi connectivity index (χ1v) is 8.82. The molecular weight excluding hydrogens is 356 g/mol. The number of hydrogen-bond donors (Lipinski definition) is 0. The van der Waals surface area contributed by atoms with E-state index in [1.165, 1.54) is 0 Å². The maximum absolute atomic E-state index is 11.2. The van der Waals surface area contributed by atoms with E-state index in [4.69, 9.17) is 18.9 Å². The van der Waals surface area contributed by atoms with Crippen LogP contribution in [0.3, 0.4) is 0 Å². The van der Waals surface area contributed by atoms with Crippen molar-refractivity contribution in [3.8, 4) is 23.0 Å². The SMILES string of the molecule is COc1cccc(COc2ccc(C=O)cc2OCc2cccc(OC)c2)c1. The Kier molecular flexibility index (Phi) is 6.52. The minimum atomic E-state index is 0.328. The minimum Gasteiger partial charge on any atom is -0.497 e. The number of methoxy groups -OCH3 is 2. The van der Waals surface area contributed by atoms with Crippen molar-refractivity contribution in [1.82, 2.24) is 0 Å². The molecule has 0 spiro atoms. The van der Waals surface area contributed by atoms with Crippen LogP contribution in [0.25, 0.3) is 0 Å². The van der Waals surface area contributed by atoms with Gasteiger partial charge >= 0.3 is 0 Å². The quantitative estimate of drug-likeness (QED) is 0.506. The molecule has 0 aliphatic carbocycles. The van der Waals surface area contributed by atoms with Gasteiger partial charge in [-0.1, -0.05) is 24.3 Å². The molecule has 0 unspecified atom stereocenters. The summed E-state index contributed by atoms with van der Waals surface area (Å²) in [7, 11) is 3.25. The van der Waals surface area contributed by atoms with E-state index >= 15 is 0 Å². The summed E-state index contributed by atoms with van der Waals surface area (Å²) in [5.41, 5.74) is 2.45. The van der Waals surface area contributed by atoms with Gasteiger partial charge in [-0.15, -0.1) is 0 Å².